The molecule has 0 saturated carbocycles. The van der Waals surface area contributed by atoms with E-state index in [2.05, 4.69) is 22.0 Å². The van der Waals surface area contributed by atoms with Gasteiger partial charge < -0.3 is 19.7 Å². The third-order valence-corrected chi connectivity index (χ3v) is 5.82. The van der Waals surface area contributed by atoms with Gasteiger partial charge in [-0.05, 0) is 74.1 Å². The van der Waals surface area contributed by atoms with Gasteiger partial charge in [-0.15, -0.1) is 0 Å². The molecule has 7 heteroatoms. The number of likely N-dealkylation sites (tertiary alicyclic amines) is 2. The van der Waals surface area contributed by atoms with Crippen LogP contribution in [0.15, 0.2) is 0 Å². The second-order valence-electron chi connectivity index (χ2n) is 11.0. The maximum atomic E-state index is 12.1. The zero-order valence-electron chi connectivity index (χ0n) is 20.1. The van der Waals surface area contributed by atoms with Crippen molar-refractivity contribution in [2.24, 2.45) is 5.41 Å². The van der Waals surface area contributed by atoms with E-state index in [1.807, 2.05) is 41.5 Å². The molecule has 0 bridgehead atoms. The molecule has 30 heavy (non-hydrogen) atoms. The van der Waals surface area contributed by atoms with E-state index in [1.165, 1.54) is 0 Å². The molecular weight excluding hydrogens is 382 g/mol. The standard InChI is InChI=1S/C23H43N3O4/c1-17(26-14-10-19(11-15-26)29-20(27)22(2,3)4)16-25-12-8-18(9-13-25)24-21(28)30-23(5,6)7/h17-19H,8-16H2,1-7H3,(H,24,28). The minimum atomic E-state index is -0.460. The quantitative estimate of drug-likeness (QED) is 0.681. The topological polar surface area (TPSA) is 71.1 Å². The van der Waals surface area contributed by atoms with Crippen LogP contribution in [-0.4, -0.2) is 78.4 Å². The third-order valence-electron chi connectivity index (χ3n) is 5.82. The number of carbonyl (C=O) groups is 2. The first kappa shape index (κ1) is 24.9. The highest BCUT2D eigenvalue weighted by atomic mass is 16.6. The molecule has 1 unspecified atom stereocenters. The van der Waals surface area contributed by atoms with Crippen LogP contribution in [0, 0.1) is 5.41 Å². The Morgan fingerprint density at radius 1 is 0.967 bits per heavy atom. The molecule has 2 heterocycles. The summed E-state index contributed by atoms with van der Waals surface area (Å²) in [5.74, 6) is -0.100. The second-order valence-corrected chi connectivity index (χ2v) is 11.0. The van der Waals surface area contributed by atoms with E-state index in [-0.39, 0.29) is 24.2 Å². The van der Waals surface area contributed by atoms with Crippen molar-refractivity contribution >= 4 is 12.1 Å². The molecule has 7 nitrogen and oxygen atoms in total. The largest absolute Gasteiger partial charge is 0.462 e. The first-order valence-electron chi connectivity index (χ1n) is 11.5. The van der Waals surface area contributed by atoms with Crippen molar-refractivity contribution in [2.75, 3.05) is 32.7 Å². The molecule has 1 atom stereocenters. The van der Waals surface area contributed by atoms with Crippen LogP contribution in [-0.2, 0) is 14.3 Å². The fourth-order valence-electron chi connectivity index (χ4n) is 3.99. The summed E-state index contributed by atoms with van der Waals surface area (Å²) in [6, 6.07) is 0.666. The Morgan fingerprint density at radius 2 is 1.53 bits per heavy atom. The molecule has 2 rings (SSSR count). The Labute approximate surface area is 182 Å². The van der Waals surface area contributed by atoms with Gasteiger partial charge in [0, 0.05) is 44.8 Å². The third kappa shape index (κ3) is 8.42. The summed E-state index contributed by atoms with van der Waals surface area (Å²) in [5, 5.41) is 3.00. The molecule has 0 spiro atoms. The van der Waals surface area contributed by atoms with Gasteiger partial charge in [-0.2, -0.15) is 0 Å². The van der Waals surface area contributed by atoms with Crippen molar-refractivity contribution in [1.29, 1.82) is 0 Å². The molecule has 1 N–H and O–H groups in total. The number of hydrogen-bond donors (Lipinski definition) is 1. The smallest absolute Gasteiger partial charge is 0.407 e. The lowest BCUT2D eigenvalue weighted by molar-refractivity contribution is -0.161. The average molecular weight is 426 g/mol. The number of rotatable bonds is 5. The number of esters is 1. The molecular formula is C23H43N3O4. The number of hydrogen-bond acceptors (Lipinski definition) is 6. The zero-order chi connectivity index (χ0) is 22.5. The Morgan fingerprint density at radius 3 is 2.03 bits per heavy atom. The van der Waals surface area contributed by atoms with Gasteiger partial charge in [0.25, 0.3) is 0 Å². The number of carbonyl (C=O) groups excluding carboxylic acids is 2. The van der Waals surface area contributed by atoms with E-state index in [0.717, 1.165) is 58.4 Å². The maximum absolute atomic E-state index is 12.1. The van der Waals surface area contributed by atoms with Crippen molar-refractivity contribution < 1.29 is 19.1 Å². The summed E-state index contributed by atoms with van der Waals surface area (Å²) < 4.78 is 11.0. The van der Waals surface area contributed by atoms with E-state index in [4.69, 9.17) is 9.47 Å². The van der Waals surface area contributed by atoms with Gasteiger partial charge >= 0.3 is 12.1 Å². The average Bonchev–Trinajstić information content (AvgIpc) is 2.61. The van der Waals surface area contributed by atoms with Gasteiger partial charge in [0.2, 0.25) is 0 Å². The predicted molar refractivity (Wildman–Crippen MR) is 118 cm³/mol. The molecule has 1 amide bonds. The lowest BCUT2D eigenvalue weighted by atomic mass is 9.97. The van der Waals surface area contributed by atoms with Crippen LogP contribution in [0.3, 0.4) is 0 Å². The van der Waals surface area contributed by atoms with Crippen LogP contribution >= 0.6 is 0 Å². The van der Waals surface area contributed by atoms with Gasteiger partial charge in [0.1, 0.15) is 11.7 Å². The van der Waals surface area contributed by atoms with Crippen LogP contribution < -0.4 is 5.32 Å². The number of amides is 1. The number of piperidine rings is 2. The maximum Gasteiger partial charge on any atom is 0.407 e. The van der Waals surface area contributed by atoms with E-state index < -0.39 is 11.0 Å². The lowest BCUT2D eigenvalue weighted by Crippen LogP contribution is -2.51. The van der Waals surface area contributed by atoms with Crippen LogP contribution in [0.25, 0.3) is 0 Å². The van der Waals surface area contributed by atoms with Crippen molar-refractivity contribution in [3.05, 3.63) is 0 Å². The van der Waals surface area contributed by atoms with E-state index >= 15 is 0 Å². The second kappa shape index (κ2) is 10.3. The molecule has 174 valence electrons. The molecule has 0 aliphatic carbocycles. The molecule has 0 aromatic carbocycles. The Hall–Kier alpha value is -1.34. The monoisotopic (exact) mass is 425 g/mol. The molecule has 0 aromatic heterocycles. The Bertz CT molecular complexity index is 566. The Balaban J connectivity index is 1.66. The number of nitrogens with zero attached hydrogens (tertiary/aromatic N) is 2. The van der Waals surface area contributed by atoms with Crippen molar-refractivity contribution in [3.63, 3.8) is 0 Å². The highest BCUT2D eigenvalue weighted by molar-refractivity contribution is 5.75. The van der Waals surface area contributed by atoms with Gasteiger partial charge in [-0.25, -0.2) is 4.79 Å². The molecule has 2 saturated heterocycles. The van der Waals surface area contributed by atoms with Crippen LogP contribution in [0.4, 0.5) is 4.79 Å². The molecule has 2 fully saturated rings. The van der Waals surface area contributed by atoms with E-state index in [0.29, 0.717) is 6.04 Å². The minimum absolute atomic E-state index is 0.0508. The van der Waals surface area contributed by atoms with Crippen LogP contribution in [0.1, 0.15) is 74.1 Å². The fourth-order valence-corrected chi connectivity index (χ4v) is 3.99. The number of alkyl carbamates (subject to hydrolysis) is 1. The molecule has 2 aliphatic heterocycles. The van der Waals surface area contributed by atoms with Crippen LogP contribution in [0.5, 0.6) is 0 Å². The first-order valence-corrected chi connectivity index (χ1v) is 11.5. The number of nitrogens with one attached hydrogen (secondary N) is 1. The summed E-state index contributed by atoms with van der Waals surface area (Å²) in [4.78, 5) is 29.0. The van der Waals surface area contributed by atoms with Gasteiger partial charge in [-0.3, -0.25) is 9.69 Å². The highest BCUT2D eigenvalue weighted by Gasteiger charge is 2.31. The number of ether oxygens (including phenoxy) is 2. The molecule has 0 radical (unpaired) electrons. The van der Waals surface area contributed by atoms with Gasteiger partial charge in [0.15, 0.2) is 0 Å². The molecule has 0 aromatic rings. The SMILES string of the molecule is CC(CN1CCC(NC(=O)OC(C)(C)C)CC1)N1CCC(OC(=O)C(C)(C)C)CC1. The predicted octanol–water partition coefficient (Wildman–Crippen LogP) is 3.42. The first-order chi connectivity index (χ1) is 13.8. The fraction of sp³-hybridized carbons (Fsp3) is 0.913. The summed E-state index contributed by atoms with van der Waals surface area (Å²) >= 11 is 0. The van der Waals surface area contributed by atoms with Crippen molar-refractivity contribution in [1.82, 2.24) is 15.1 Å². The minimum Gasteiger partial charge on any atom is -0.462 e. The summed E-state index contributed by atoms with van der Waals surface area (Å²) in [5.41, 5.74) is -0.895. The normalized spacial score (nSPS) is 21.8. The van der Waals surface area contributed by atoms with Crippen LogP contribution in [0.2, 0.25) is 0 Å². The summed E-state index contributed by atoms with van der Waals surface area (Å²) in [7, 11) is 0. The Kier molecular flexibility index (Phi) is 8.57. The van der Waals surface area contributed by atoms with Crippen molar-refractivity contribution in [3.8, 4) is 0 Å². The van der Waals surface area contributed by atoms with E-state index in [1.54, 1.807) is 0 Å². The van der Waals surface area contributed by atoms with Crippen molar-refractivity contribution in [2.45, 2.75) is 97.9 Å². The summed E-state index contributed by atoms with van der Waals surface area (Å²) in [6.07, 6.45) is 3.47. The molecule has 2 aliphatic rings. The summed E-state index contributed by atoms with van der Waals surface area (Å²) in [6.45, 7) is 18.6. The van der Waals surface area contributed by atoms with E-state index in [9.17, 15) is 9.59 Å². The lowest BCUT2D eigenvalue weighted by Gasteiger charge is -2.40. The zero-order valence-corrected chi connectivity index (χ0v) is 20.1. The van der Waals surface area contributed by atoms with Gasteiger partial charge in [-0.1, -0.05) is 0 Å². The highest BCUT2D eigenvalue weighted by Crippen LogP contribution is 2.22. The van der Waals surface area contributed by atoms with Gasteiger partial charge in [0.05, 0.1) is 5.41 Å².